The second kappa shape index (κ2) is 4.13. The van der Waals surface area contributed by atoms with Gasteiger partial charge in [0.15, 0.2) is 5.69 Å². The Balaban J connectivity index is 2.15. The summed E-state index contributed by atoms with van der Waals surface area (Å²) in [6.07, 6.45) is 3.00. The minimum atomic E-state index is -0.309. The lowest BCUT2D eigenvalue weighted by molar-refractivity contribution is 0.102. The quantitative estimate of drug-likeness (QED) is 0.802. The SMILES string of the molecule is CC(C)n1nccc1NC(=O)c1cn[nH]n1. The summed E-state index contributed by atoms with van der Waals surface area (Å²) < 4.78 is 1.72. The van der Waals surface area contributed by atoms with Gasteiger partial charge in [-0.05, 0) is 13.8 Å². The summed E-state index contributed by atoms with van der Waals surface area (Å²) in [5.41, 5.74) is 0.247. The monoisotopic (exact) mass is 220 g/mol. The summed E-state index contributed by atoms with van der Waals surface area (Å²) in [5, 5.41) is 16.5. The van der Waals surface area contributed by atoms with Crippen molar-refractivity contribution >= 4 is 11.7 Å². The third-order valence-electron chi connectivity index (χ3n) is 2.05. The van der Waals surface area contributed by atoms with Crippen LogP contribution in [0.3, 0.4) is 0 Å². The normalized spacial score (nSPS) is 10.7. The van der Waals surface area contributed by atoms with E-state index >= 15 is 0 Å². The lowest BCUT2D eigenvalue weighted by Gasteiger charge is -2.10. The van der Waals surface area contributed by atoms with Crippen molar-refractivity contribution < 1.29 is 4.79 Å². The van der Waals surface area contributed by atoms with E-state index in [-0.39, 0.29) is 17.6 Å². The topological polar surface area (TPSA) is 88.5 Å². The molecule has 0 fully saturated rings. The molecule has 2 aromatic heterocycles. The van der Waals surface area contributed by atoms with Crippen molar-refractivity contribution in [1.29, 1.82) is 0 Å². The molecule has 2 N–H and O–H groups in total. The summed E-state index contributed by atoms with van der Waals surface area (Å²) >= 11 is 0. The molecule has 0 aliphatic carbocycles. The Morgan fingerprint density at radius 1 is 1.56 bits per heavy atom. The molecule has 0 aliphatic rings. The fourth-order valence-corrected chi connectivity index (χ4v) is 1.32. The number of nitrogens with zero attached hydrogens (tertiary/aromatic N) is 4. The van der Waals surface area contributed by atoms with Gasteiger partial charge >= 0.3 is 0 Å². The van der Waals surface area contributed by atoms with Crippen molar-refractivity contribution in [1.82, 2.24) is 25.2 Å². The van der Waals surface area contributed by atoms with Crippen molar-refractivity contribution in [3.05, 3.63) is 24.2 Å². The van der Waals surface area contributed by atoms with Gasteiger partial charge in [0.2, 0.25) is 0 Å². The van der Waals surface area contributed by atoms with Gasteiger partial charge in [0.1, 0.15) is 5.82 Å². The van der Waals surface area contributed by atoms with Crippen LogP contribution in [0, 0.1) is 0 Å². The van der Waals surface area contributed by atoms with E-state index in [1.165, 1.54) is 6.20 Å². The molecule has 0 aliphatic heterocycles. The van der Waals surface area contributed by atoms with Crippen LogP contribution >= 0.6 is 0 Å². The predicted molar refractivity (Wildman–Crippen MR) is 56.9 cm³/mol. The highest BCUT2D eigenvalue weighted by Gasteiger charge is 2.12. The van der Waals surface area contributed by atoms with E-state index in [1.807, 2.05) is 13.8 Å². The van der Waals surface area contributed by atoms with Gasteiger partial charge in [-0.15, -0.1) is 0 Å². The average molecular weight is 220 g/mol. The Kier molecular flexibility index (Phi) is 2.67. The van der Waals surface area contributed by atoms with Crippen LogP contribution in [0.15, 0.2) is 18.5 Å². The van der Waals surface area contributed by atoms with Crippen LogP contribution in [0.2, 0.25) is 0 Å². The lowest BCUT2D eigenvalue weighted by Crippen LogP contribution is -2.17. The molecule has 2 heterocycles. The van der Waals surface area contributed by atoms with E-state index in [9.17, 15) is 4.79 Å². The van der Waals surface area contributed by atoms with Gasteiger partial charge in [-0.1, -0.05) is 0 Å². The van der Waals surface area contributed by atoms with E-state index in [0.717, 1.165) is 0 Å². The number of carbonyl (C=O) groups excluding carboxylic acids is 1. The second-order valence-corrected chi connectivity index (χ2v) is 3.56. The summed E-state index contributed by atoms with van der Waals surface area (Å²) in [5.74, 6) is 0.333. The molecule has 0 bridgehead atoms. The molecule has 2 rings (SSSR count). The van der Waals surface area contributed by atoms with Crippen molar-refractivity contribution in [2.45, 2.75) is 19.9 Å². The van der Waals surface area contributed by atoms with Crippen LogP contribution in [0.5, 0.6) is 0 Å². The Hall–Kier alpha value is -2.18. The average Bonchev–Trinajstić information content (AvgIpc) is 2.86. The summed E-state index contributed by atoms with van der Waals surface area (Å²) in [6.45, 7) is 3.97. The molecule has 2 aromatic rings. The zero-order valence-corrected chi connectivity index (χ0v) is 9.01. The minimum absolute atomic E-state index is 0.183. The number of hydrogen-bond donors (Lipinski definition) is 2. The molecule has 1 amide bonds. The summed E-state index contributed by atoms with van der Waals surface area (Å²) in [6, 6.07) is 1.92. The first kappa shape index (κ1) is 10.3. The number of rotatable bonds is 3. The van der Waals surface area contributed by atoms with E-state index < -0.39 is 0 Å². The zero-order chi connectivity index (χ0) is 11.5. The first-order valence-electron chi connectivity index (χ1n) is 4.89. The fraction of sp³-hybridized carbons (Fsp3) is 0.333. The van der Waals surface area contributed by atoms with Crippen LogP contribution < -0.4 is 5.32 Å². The van der Waals surface area contributed by atoms with Gasteiger partial charge < -0.3 is 5.32 Å². The highest BCUT2D eigenvalue weighted by molar-refractivity contribution is 6.02. The minimum Gasteiger partial charge on any atom is -0.305 e. The Morgan fingerprint density at radius 2 is 2.38 bits per heavy atom. The van der Waals surface area contributed by atoms with Gasteiger partial charge in [0.25, 0.3) is 5.91 Å². The second-order valence-electron chi connectivity index (χ2n) is 3.56. The third-order valence-corrected chi connectivity index (χ3v) is 2.05. The molecule has 84 valence electrons. The molecule has 7 heteroatoms. The maximum atomic E-state index is 11.7. The largest absolute Gasteiger partial charge is 0.305 e. The van der Waals surface area contributed by atoms with Gasteiger partial charge in [-0.2, -0.15) is 20.5 Å². The van der Waals surface area contributed by atoms with Crippen LogP contribution in [0.4, 0.5) is 5.82 Å². The molecule has 0 radical (unpaired) electrons. The molecular weight excluding hydrogens is 208 g/mol. The molecule has 0 unspecified atom stereocenters. The number of aromatic nitrogens is 5. The number of anilines is 1. The molecule has 0 spiro atoms. The molecule has 0 aromatic carbocycles. The molecule has 0 saturated heterocycles. The molecule has 7 nitrogen and oxygen atoms in total. The first-order chi connectivity index (χ1) is 7.68. The van der Waals surface area contributed by atoms with Gasteiger partial charge in [-0.3, -0.25) is 4.79 Å². The fourth-order valence-electron chi connectivity index (χ4n) is 1.32. The Bertz CT molecular complexity index is 472. The molecule has 0 atom stereocenters. The number of hydrogen-bond acceptors (Lipinski definition) is 4. The smallest absolute Gasteiger partial charge is 0.278 e. The van der Waals surface area contributed by atoms with Crippen LogP contribution in [0.25, 0.3) is 0 Å². The number of nitrogens with one attached hydrogen (secondary N) is 2. The predicted octanol–water partition coefficient (Wildman–Crippen LogP) is 0.834. The molecule has 16 heavy (non-hydrogen) atoms. The standard InChI is InChI=1S/C9H12N6O/c1-6(2)15-8(3-4-11-15)12-9(16)7-5-10-14-13-7/h3-6H,1-2H3,(H,12,16)(H,10,13,14). The van der Waals surface area contributed by atoms with Crippen molar-refractivity contribution in [3.63, 3.8) is 0 Å². The number of aromatic amines is 1. The van der Waals surface area contributed by atoms with Crippen molar-refractivity contribution in [3.8, 4) is 0 Å². The maximum absolute atomic E-state index is 11.7. The van der Waals surface area contributed by atoms with E-state index in [4.69, 9.17) is 0 Å². The van der Waals surface area contributed by atoms with E-state index in [2.05, 4.69) is 25.8 Å². The van der Waals surface area contributed by atoms with Gasteiger partial charge in [0.05, 0.1) is 12.4 Å². The van der Waals surface area contributed by atoms with Gasteiger partial charge in [-0.25, -0.2) is 4.68 Å². The number of carbonyl (C=O) groups is 1. The number of amides is 1. The van der Waals surface area contributed by atoms with Crippen LogP contribution in [-0.4, -0.2) is 31.1 Å². The van der Waals surface area contributed by atoms with Crippen molar-refractivity contribution in [2.75, 3.05) is 5.32 Å². The number of H-pyrrole nitrogens is 1. The van der Waals surface area contributed by atoms with E-state index in [0.29, 0.717) is 5.82 Å². The van der Waals surface area contributed by atoms with Crippen molar-refractivity contribution in [2.24, 2.45) is 0 Å². The van der Waals surface area contributed by atoms with Gasteiger partial charge in [0, 0.05) is 12.1 Å². The first-order valence-corrected chi connectivity index (χ1v) is 4.89. The third kappa shape index (κ3) is 1.92. The zero-order valence-electron chi connectivity index (χ0n) is 9.01. The van der Waals surface area contributed by atoms with Crippen LogP contribution in [0.1, 0.15) is 30.4 Å². The highest BCUT2D eigenvalue weighted by atomic mass is 16.2. The Morgan fingerprint density at radius 3 is 3.00 bits per heavy atom. The summed E-state index contributed by atoms with van der Waals surface area (Å²) in [4.78, 5) is 11.7. The van der Waals surface area contributed by atoms with E-state index in [1.54, 1.807) is 16.9 Å². The van der Waals surface area contributed by atoms with Crippen LogP contribution in [-0.2, 0) is 0 Å². The Labute approximate surface area is 91.9 Å². The highest BCUT2D eigenvalue weighted by Crippen LogP contribution is 2.13. The maximum Gasteiger partial charge on any atom is 0.278 e. The summed E-state index contributed by atoms with van der Waals surface area (Å²) in [7, 11) is 0. The molecule has 0 saturated carbocycles. The molecular formula is C9H12N6O. The lowest BCUT2D eigenvalue weighted by atomic mass is 10.4.